The first-order chi connectivity index (χ1) is 14.4. The van der Waals surface area contributed by atoms with Crippen molar-refractivity contribution in [3.8, 4) is 0 Å². The highest BCUT2D eigenvalue weighted by Crippen LogP contribution is 2.25. The lowest BCUT2D eigenvalue weighted by atomic mass is 9.99. The quantitative estimate of drug-likeness (QED) is 0.635. The minimum absolute atomic E-state index is 0.107. The Morgan fingerprint density at radius 1 is 1.07 bits per heavy atom. The fraction of sp³-hybridized carbons (Fsp3) is 0.375. The van der Waals surface area contributed by atoms with Crippen LogP contribution in [0.2, 0.25) is 0 Å². The highest BCUT2D eigenvalue weighted by molar-refractivity contribution is 7.92. The average molecular weight is 427 g/mol. The van der Waals surface area contributed by atoms with Gasteiger partial charge in [0.25, 0.3) is 5.91 Å². The maximum absolute atomic E-state index is 12.5. The third-order valence-electron chi connectivity index (χ3n) is 5.44. The number of carbonyl (C=O) groups is 1. The van der Waals surface area contributed by atoms with Crippen molar-refractivity contribution in [1.82, 2.24) is 5.32 Å². The monoisotopic (exact) mass is 426 g/mol. The zero-order chi connectivity index (χ0) is 21.6. The summed E-state index contributed by atoms with van der Waals surface area (Å²) in [7, 11) is -3.45. The van der Waals surface area contributed by atoms with Gasteiger partial charge in [0.1, 0.15) is 0 Å². The molecule has 0 saturated heterocycles. The van der Waals surface area contributed by atoms with Crippen molar-refractivity contribution < 1.29 is 13.2 Å². The predicted molar refractivity (Wildman–Crippen MR) is 122 cm³/mol. The molecule has 0 aliphatic heterocycles. The van der Waals surface area contributed by atoms with Crippen molar-refractivity contribution in [1.29, 1.82) is 0 Å². The van der Waals surface area contributed by atoms with Gasteiger partial charge in [-0.2, -0.15) is 0 Å². The number of aryl methyl sites for hydroxylation is 1. The largest absolute Gasteiger partial charge is 0.348 e. The molecule has 5 nitrogen and oxygen atoms in total. The molecule has 0 spiro atoms. The molecule has 0 saturated carbocycles. The van der Waals surface area contributed by atoms with Gasteiger partial charge in [0.2, 0.25) is 10.0 Å². The van der Waals surface area contributed by atoms with Gasteiger partial charge in [-0.3, -0.25) is 9.10 Å². The molecule has 0 aromatic heterocycles. The Bertz CT molecular complexity index is 1010. The van der Waals surface area contributed by atoms with E-state index in [2.05, 4.69) is 11.4 Å². The summed E-state index contributed by atoms with van der Waals surface area (Å²) >= 11 is 0. The molecule has 0 unspecified atom stereocenters. The van der Waals surface area contributed by atoms with Crippen LogP contribution in [0.15, 0.2) is 60.2 Å². The number of hydrogen-bond acceptors (Lipinski definition) is 3. The van der Waals surface area contributed by atoms with Gasteiger partial charge < -0.3 is 5.32 Å². The first kappa shape index (κ1) is 22.1. The molecule has 0 radical (unpaired) electrons. The molecule has 0 atom stereocenters. The summed E-state index contributed by atoms with van der Waals surface area (Å²) < 4.78 is 26.4. The standard InChI is InChI=1S/C24H30N2O3S/c1-3-21-11-7-8-12-23(21)26(30(2,28)29)18-20-13-15-22(16-14-20)24(27)25-17-19-9-5-4-6-10-19/h7-9,11-16H,3-6,10,17-18H2,1-2H3,(H,25,27). The van der Waals surface area contributed by atoms with Crippen LogP contribution in [0.4, 0.5) is 5.69 Å². The van der Waals surface area contributed by atoms with Gasteiger partial charge in [0.05, 0.1) is 18.5 Å². The van der Waals surface area contributed by atoms with Crippen LogP contribution in [-0.4, -0.2) is 27.1 Å². The lowest BCUT2D eigenvalue weighted by Crippen LogP contribution is -2.30. The van der Waals surface area contributed by atoms with Gasteiger partial charge in [-0.15, -0.1) is 0 Å². The normalized spacial score (nSPS) is 14.1. The number of nitrogens with zero attached hydrogens (tertiary/aromatic N) is 1. The van der Waals surface area contributed by atoms with Gasteiger partial charge in [-0.1, -0.05) is 48.9 Å². The summed E-state index contributed by atoms with van der Waals surface area (Å²) in [5, 5.41) is 2.98. The van der Waals surface area contributed by atoms with Gasteiger partial charge in [-0.25, -0.2) is 8.42 Å². The molecule has 0 bridgehead atoms. The Morgan fingerprint density at radius 3 is 2.43 bits per heavy atom. The second-order valence-electron chi connectivity index (χ2n) is 7.74. The van der Waals surface area contributed by atoms with E-state index in [1.54, 1.807) is 12.1 Å². The van der Waals surface area contributed by atoms with Gasteiger partial charge in [0.15, 0.2) is 0 Å². The van der Waals surface area contributed by atoms with E-state index in [1.807, 2.05) is 43.3 Å². The second-order valence-corrected chi connectivity index (χ2v) is 9.65. The molecular formula is C24H30N2O3S. The maximum Gasteiger partial charge on any atom is 0.251 e. The zero-order valence-electron chi connectivity index (χ0n) is 17.7. The molecule has 1 aliphatic carbocycles. The van der Waals surface area contributed by atoms with Crippen molar-refractivity contribution in [2.75, 3.05) is 17.1 Å². The van der Waals surface area contributed by atoms with Crippen LogP contribution >= 0.6 is 0 Å². The average Bonchev–Trinajstić information content (AvgIpc) is 2.76. The predicted octanol–water partition coefficient (Wildman–Crippen LogP) is 4.45. The van der Waals surface area contributed by atoms with Crippen molar-refractivity contribution in [3.05, 3.63) is 76.9 Å². The highest BCUT2D eigenvalue weighted by atomic mass is 32.2. The van der Waals surface area contributed by atoms with Gasteiger partial charge in [-0.05, 0) is 61.4 Å². The minimum atomic E-state index is -3.45. The van der Waals surface area contributed by atoms with Crippen LogP contribution < -0.4 is 9.62 Å². The summed E-state index contributed by atoms with van der Waals surface area (Å²) in [6.45, 7) is 2.83. The zero-order valence-corrected chi connectivity index (χ0v) is 18.5. The Kier molecular flexibility index (Phi) is 7.32. The molecule has 1 aliphatic rings. The van der Waals surface area contributed by atoms with E-state index < -0.39 is 10.0 Å². The summed E-state index contributed by atoms with van der Waals surface area (Å²) in [6, 6.07) is 14.7. The fourth-order valence-electron chi connectivity index (χ4n) is 3.72. The second kappa shape index (κ2) is 9.94. The Balaban J connectivity index is 1.71. The van der Waals surface area contributed by atoms with Crippen LogP contribution in [0.1, 0.15) is 54.1 Å². The molecule has 6 heteroatoms. The number of nitrogens with one attached hydrogen (secondary N) is 1. The third-order valence-corrected chi connectivity index (χ3v) is 6.57. The van der Waals surface area contributed by atoms with E-state index in [0.29, 0.717) is 17.8 Å². The molecule has 3 rings (SSSR count). The van der Waals surface area contributed by atoms with Crippen molar-refractivity contribution >= 4 is 21.6 Å². The number of rotatable bonds is 8. The number of anilines is 1. The SMILES string of the molecule is CCc1ccccc1N(Cc1ccc(C(=O)NCC2=CCCCC2)cc1)S(C)(=O)=O. The van der Waals surface area contributed by atoms with Crippen molar-refractivity contribution in [2.45, 2.75) is 45.6 Å². The van der Waals surface area contributed by atoms with Crippen molar-refractivity contribution in [3.63, 3.8) is 0 Å². The lowest BCUT2D eigenvalue weighted by Gasteiger charge is -2.25. The number of sulfonamides is 1. The van der Waals surface area contributed by atoms with Crippen LogP contribution in [0.25, 0.3) is 0 Å². The van der Waals surface area contributed by atoms with E-state index in [-0.39, 0.29) is 12.5 Å². The number of allylic oxidation sites excluding steroid dienone is 1. The molecule has 0 fully saturated rings. The minimum Gasteiger partial charge on any atom is -0.348 e. The topological polar surface area (TPSA) is 66.5 Å². The molecular weight excluding hydrogens is 396 g/mol. The van der Waals surface area contributed by atoms with Crippen LogP contribution in [0.5, 0.6) is 0 Å². The lowest BCUT2D eigenvalue weighted by molar-refractivity contribution is 0.0956. The molecule has 160 valence electrons. The number of benzene rings is 2. The number of amides is 1. The van der Waals surface area contributed by atoms with Crippen LogP contribution in [0.3, 0.4) is 0 Å². The smallest absolute Gasteiger partial charge is 0.251 e. The van der Waals surface area contributed by atoms with Gasteiger partial charge in [0, 0.05) is 12.1 Å². The van der Waals surface area contributed by atoms with Gasteiger partial charge >= 0.3 is 0 Å². The van der Waals surface area contributed by atoms with E-state index in [0.717, 1.165) is 30.4 Å². The highest BCUT2D eigenvalue weighted by Gasteiger charge is 2.20. The van der Waals surface area contributed by atoms with E-state index in [1.165, 1.54) is 29.0 Å². The van der Waals surface area contributed by atoms with Crippen LogP contribution in [-0.2, 0) is 23.0 Å². The van der Waals surface area contributed by atoms with E-state index >= 15 is 0 Å². The number of carbonyl (C=O) groups excluding carboxylic acids is 1. The van der Waals surface area contributed by atoms with E-state index in [9.17, 15) is 13.2 Å². The Hall–Kier alpha value is -2.60. The number of hydrogen-bond donors (Lipinski definition) is 1. The third kappa shape index (κ3) is 5.72. The maximum atomic E-state index is 12.5. The van der Waals surface area contributed by atoms with Crippen molar-refractivity contribution in [2.24, 2.45) is 0 Å². The summed E-state index contributed by atoms with van der Waals surface area (Å²) in [6.07, 6.45) is 8.76. The molecule has 2 aromatic rings. The van der Waals surface area contributed by atoms with Crippen LogP contribution in [0, 0.1) is 0 Å². The summed E-state index contributed by atoms with van der Waals surface area (Å²) in [5.74, 6) is -0.107. The Morgan fingerprint density at radius 2 is 1.80 bits per heavy atom. The molecule has 1 amide bonds. The van der Waals surface area contributed by atoms with E-state index in [4.69, 9.17) is 0 Å². The Labute approximate surface area is 179 Å². The summed E-state index contributed by atoms with van der Waals surface area (Å²) in [5.41, 5.74) is 4.39. The molecule has 0 heterocycles. The first-order valence-electron chi connectivity index (χ1n) is 10.5. The molecule has 2 aromatic carbocycles. The first-order valence-corrected chi connectivity index (χ1v) is 12.3. The number of para-hydroxylation sites is 1. The summed E-state index contributed by atoms with van der Waals surface area (Å²) in [4.78, 5) is 12.4. The molecule has 30 heavy (non-hydrogen) atoms. The molecule has 1 N–H and O–H groups in total. The fourth-order valence-corrected chi connectivity index (χ4v) is 4.64.